The first-order valence-electron chi connectivity index (χ1n) is 8.27. The van der Waals surface area contributed by atoms with Crippen molar-refractivity contribution in [2.75, 3.05) is 0 Å². The van der Waals surface area contributed by atoms with Crippen molar-refractivity contribution in [3.05, 3.63) is 46.5 Å². The van der Waals surface area contributed by atoms with Crippen molar-refractivity contribution in [3.63, 3.8) is 0 Å². The van der Waals surface area contributed by atoms with Gasteiger partial charge in [-0.1, -0.05) is 50.6 Å². The lowest BCUT2D eigenvalue weighted by molar-refractivity contribution is 0.0670. The van der Waals surface area contributed by atoms with Crippen molar-refractivity contribution in [1.29, 1.82) is 0 Å². The van der Waals surface area contributed by atoms with E-state index in [1.54, 1.807) is 5.57 Å². The smallest absolute Gasteiger partial charge is 0.169 e. The monoisotopic (exact) mass is 280 g/mol. The van der Waals surface area contributed by atoms with Crippen LogP contribution in [0.2, 0.25) is 0 Å². The molecule has 0 amide bonds. The van der Waals surface area contributed by atoms with Crippen LogP contribution in [0, 0.1) is 11.3 Å². The summed E-state index contributed by atoms with van der Waals surface area (Å²) in [7, 11) is 0. The minimum Gasteiger partial charge on any atom is -0.294 e. The first-order chi connectivity index (χ1) is 9.92. The summed E-state index contributed by atoms with van der Waals surface area (Å²) >= 11 is 0. The summed E-state index contributed by atoms with van der Waals surface area (Å²) in [5.41, 5.74) is 5.34. The van der Waals surface area contributed by atoms with E-state index in [0.717, 1.165) is 31.2 Å². The fourth-order valence-corrected chi connectivity index (χ4v) is 4.97. The largest absolute Gasteiger partial charge is 0.294 e. The molecule has 1 aromatic rings. The zero-order chi connectivity index (χ0) is 14.8. The van der Waals surface area contributed by atoms with Crippen LogP contribution in [-0.2, 0) is 11.8 Å². The molecule has 1 saturated carbocycles. The molecule has 110 valence electrons. The second-order valence-corrected chi connectivity index (χ2v) is 8.24. The second kappa shape index (κ2) is 4.09. The zero-order valence-electron chi connectivity index (χ0n) is 13.3. The van der Waals surface area contributed by atoms with Gasteiger partial charge in [0.05, 0.1) is 0 Å². The van der Waals surface area contributed by atoms with E-state index >= 15 is 0 Å². The van der Waals surface area contributed by atoms with Gasteiger partial charge in [0.15, 0.2) is 5.78 Å². The molecule has 1 heteroatoms. The third kappa shape index (κ3) is 1.73. The van der Waals surface area contributed by atoms with E-state index in [2.05, 4.69) is 45.0 Å². The van der Waals surface area contributed by atoms with Crippen LogP contribution in [0.5, 0.6) is 0 Å². The summed E-state index contributed by atoms with van der Waals surface area (Å²) < 4.78 is 0. The highest BCUT2D eigenvalue weighted by Crippen LogP contribution is 2.58. The fraction of sp³-hybridized carbons (Fsp3) is 0.550. The van der Waals surface area contributed by atoms with Gasteiger partial charge in [0.1, 0.15) is 0 Å². The number of rotatable bonds is 0. The van der Waals surface area contributed by atoms with Crippen LogP contribution in [0.4, 0.5) is 0 Å². The van der Waals surface area contributed by atoms with Gasteiger partial charge in [-0.05, 0) is 54.6 Å². The van der Waals surface area contributed by atoms with Crippen molar-refractivity contribution in [2.45, 2.75) is 58.3 Å². The normalized spacial score (nSPS) is 30.7. The van der Waals surface area contributed by atoms with Gasteiger partial charge in [-0.15, -0.1) is 0 Å². The molecule has 0 radical (unpaired) electrons. The second-order valence-electron chi connectivity index (χ2n) is 8.24. The molecule has 0 heterocycles. The Kier molecular flexibility index (Phi) is 2.59. The average Bonchev–Trinajstić information content (AvgIpc) is 3.03. The first-order valence-corrected chi connectivity index (χ1v) is 8.27. The number of Topliss-reactive ketones (excluding diaryl/α,β-unsaturated/α-hetero) is 1. The third-order valence-electron chi connectivity index (χ3n) is 6.03. The number of carbonyl (C=O) groups excluding carboxylic acids is 1. The Labute approximate surface area is 127 Å². The summed E-state index contributed by atoms with van der Waals surface area (Å²) in [5, 5.41) is 0. The lowest BCUT2D eigenvalue weighted by atomic mass is 9.62. The molecule has 1 spiro atoms. The van der Waals surface area contributed by atoms with Crippen molar-refractivity contribution < 1.29 is 4.79 Å². The number of benzene rings is 1. The van der Waals surface area contributed by atoms with Crippen LogP contribution in [0.15, 0.2) is 29.8 Å². The van der Waals surface area contributed by atoms with Gasteiger partial charge in [0.2, 0.25) is 0 Å². The van der Waals surface area contributed by atoms with Crippen LogP contribution < -0.4 is 0 Å². The number of ketones is 1. The van der Waals surface area contributed by atoms with Gasteiger partial charge in [0.25, 0.3) is 0 Å². The highest BCUT2D eigenvalue weighted by molar-refractivity contribution is 6.04. The Morgan fingerprint density at radius 1 is 1.24 bits per heavy atom. The Hall–Kier alpha value is -1.37. The van der Waals surface area contributed by atoms with Gasteiger partial charge >= 0.3 is 0 Å². The number of carbonyl (C=O) groups is 1. The maximum absolute atomic E-state index is 13.3. The molecule has 2 bridgehead atoms. The van der Waals surface area contributed by atoms with Crippen LogP contribution in [0.3, 0.4) is 0 Å². The number of hydrogen-bond acceptors (Lipinski definition) is 1. The van der Waals surface area contributed by atoms with E-state index in [4.69, 9.17) is 0 Å². The van der Waals surface area contributed by atoms with Gasteiger partial charge in [-0.3, -0.25) is 4.79 Å². The van der Waals surface area contributed by atoms with E-state index in [0.29, 0.717) is 11.7 Å². The number of fused-ring (bicyclic) bond motifs is 4. The van der Waals surface area contributed by atoms with Gasteiger partial charge < -0.3 is 0 Å². The molecule has 0 saturated heterocycles. The lowest BCUT2D eigenvalue weighted by Crippen LogP contribution is -2.40. The van der Waals surface area contributed by atoms with Crippen LogP contribution in [-0.4, -0.2) is 5.78 Å². The summed E-state index contributed by atoms with van der Waals surface area (Å²) in [6.45, 7) is 6.75. The predicted molar refractivity (Wildman–Crippen MR) is 85.7 cm³/mol. The molecule has 1 fully saturated rings. The summed E-state index contributed by atoms with van der Waals surface area (Å²) in [5.74, 6) is 1.04. The van der Waals surface area contributed by atoms with Crippen LogP contribution >= 0.6 is 0 Å². The van der Waals surface area contributed by atoms with Crippen LogP contribution in [0.25, 0.3) is 0 Å². The average molecular weight is 280 g/mol. The van der Waals surface area contributed by atoms with Gasteiger partial charge in [0, 0.05) is 11.0 Å². The van der Waals surface area contributed by atoms with Crippen molar-refractivity contribution in [1.82, 2.24) is 0 Å². The van der Waals surface area contributed by atoms with E-state index in [-0.39, 0.29) is 10.8 Å². The predicted octanol–water partition coefficient (Wildman–Crippen LogP) is 4.84. The van der Waals surface area contributed by atoms with E-state index in [1.807, 2.05) is 0 Å². The molecule has 2 unspecified atom stereocenters. The number of allylic oxidation sites excluding steroid dienone is 2. The quantitative estimate of drug-likeness (QED) is 0.621. The van der Waals surface area contributed by atoms with Crippen molar-refractivity contribution >= 4 is 5.78 Å². The SMILES string of the molecule is CC(C)(C)c1cccc2c1CCC1(CC3=CCC1C3)C2=O. The standard InChI is InChI=1S/C20H24O/c1-19(2,3)17-6-4-5-16-15(17)9-10-20(18(16)21)12-13-7-8-14(20)11-13/h4-7,14H,8-12H2,1-3H3. The summed E-state index contributed by atoms with van der Waals surface area (Å²) in [4.78, 5) is 13.3. The molecule has 3 aliphatic rings. The topological polar surface area (TPSA) is 17.1 Å². The summed E-state index contributed by atoms with van der Waals surface area (Å²) in [6.07, 6.45) is 7.88. The third-order valence-corrected chi connectivity index (χ3v) is 6.03. The Morgan fingerprint density at radius 3 is 2.67 bits per heavy atom. The maximum Gasteiger partial charge on any atom is 0.169 e. The van der Waals surface area contributed by atoms with Gasteiger partial charge in [-0.25, -0.2) is 0 Å². The highest BCUT2D eigenvalue weighted by atomic mass is 16.1. The molecule has 0 aliphatic heterocycles. The Balaban J connectivity index is 1.82. The molecule has 1 aromatic carbocycles. The molecule has 2 atom stereocenters. The first kappa shape index (κ1) is 13.3. The molecule has 3 aliphatic carbocycles. The molecule has 0 N–H and O–H groups in total. The van der Waals surface area contributed by atoms with Crippen molar-refractivity contribution in [2.24, 2.45) is 11.3 Å². The molecule has 4 rings (SSSR count). The van der Waals surface area contributed by atoms with E-state index in [9.17, 15) is 4.79 Å². The maximum atomic E-state index is 13.3. The molecule has 21 heavy (non-hydrogen) atoms. The Bertz CT molecular complexity index is 659. The molecule has 0 aromatic heterocycles. The molecule has 1 nitrogen and oxygen atoms in total. The van der Waals surface area contributed by atoms with Crippen LogP contribution in [0.1, 0.15) is 67.9 Å². The number of hydrogen-bond donors (Lipinski definition) is 0. The van der Waals surface area contributed by atoms with E-state index < -0.39 is 0 Å². The minimum atomic E-state index is -0.0480. The van der Waals surface area contributed by atoms with E-state index in [1.165, 1.54) is 17.5 Å². The highest BCUT2D eigenvalue weighted by Gasteiger charge is 2.54. The summed E-state index contributed by atoms with van der Waals surface area (Å²) in [6, 6.07) is 6.38. The zero-order valence-corrected chi connectivity index (χ0v) is 13.3. The fourth-order valence-electron chi connectivity index (χ4n) is 4.97. The minimum absolute atomic E-state index is 0.0480. The Morgan fingerprint density at radius 2 is 2.05 bits per heavy atom. The molecular formula is C20H24O. The lowest BCUT2D eigenvalue weighted by Gasteiger charge is -2.40. The van der Waals surface area contributed by atoms with Crippen molar-refractivity contribution in [3.8, 4) is 0 Å². The molecular weight excluding hydrogens is 256 g/mol. The van der Waals surface area contributed by atoms with Gasteiger partial charge in [-0.2, -0.15) is 0 Å².